The van der Waals surface area contributed by atoms with Crippen LogP contribution in [0.15, 0.2) is 60.9 Å². The number of piperidine rings is 2. The zero-order valence-electron chi connectivity index (χ0n) is 32.7. The van der Waals surface area contributed by atoms with Crippen molar-refractivity contribution in [3.63, 3.8) is 0 Å². The van der Waals surface area contributed by atoms with Gasteiger partial charge in [-0.3, -0.25) is 9.59 Å². The Labute approximate surface area is 331 Å². The van der Waals surface area contributed by atoms with E-state index in [1.54, 1.807) is 12.4 Å². The van der Waals surface area contributed by atoms with E-state index in [1.165, 1.54) is 7.11 Å². The van der Waals surface area contributed by atoms with Crippen LogP contribution in [0, 0.1) is 35.5 Å². The van der Waals surface area contributed by atoms with Crippen LogP contribution in [-0.4, -0.2) is 90.1 Å². The van der Waals surface area contributed by atoms with Crippen LogP contribution in [-0.2, 0) is 14.3 Å². The third-order valence-electron chi connectivity index (χ3n) is 11.9. The van der Waals surface area contributed by atoms with Gasteiger partial charge in [0.2, 0.25) is 11.8 Å². The Balaban J connectivity index is 0.905. The van der Waals surface area contributed by atoms with Crippen LogP contribution in [0.4, 0.5) is 9.59 Å². The first-order chi connectivity index (χ1) is 27.4. The molecule has 2 aromatic carbocycles. The number of hydrogen-bond acceptors (Lipinski definition) is 7. The van der Waals surface area contributed by atoms with E-state index < -0.39 is 24.3 Å². The Kier molecular flexibility index (Phi) is 10.0. The van der Waals surface area contributed by atoms with Crippen LogP contribution in [0.2, 0.25) is 0 Å². The fraction of sp³-hybridized carbons (Fsp3) is 0.442. The zero-order valence-corrected chi connectivity index (χ0v) is 32.7. The van der Waals surface area contributed by atoms with Crippen molar-refractivity contribution in [2.75, 3.05) is 7.11 Å². The number of nitrogens with zero attached hydrogens (tertiary/aromatic N) is 4. The molecule has 0 spiro atoms. The van der Waals surface area contributed by atoms with Crippen LogP contribution >= 0.6 is 0 Å². The summed E-state index contributed by atoms with van der Waals surface area (Å²) in [6, 6.07) is 14.2. The predicted molar refractivity (Wildman–Crippen MR) is 210 cm³/mol. The smallest absolute Gasteiger partial charge is 0.407 e. The Hall–Kier alpha value is -6.10. The van der Waals surface area contributed by atoms with Gasteiger partial charge in [-0.25, -0.2) is 19.6 Å². The van der Waals surface area contributed by atoms with E-state index >= 15 is 0 Å². The van der Waals surface area contributed by atoms with Crippen molar-refractivity contribution >= 4 is 24.0 Å². The summed E-state index contributed by atoms with van der Waals surface area (Å²) in [5, 5.41) is 14.5. The third-order valence-corrected chi connectivity index (χ3v) is 11.9. The van der Waals surface area contributed by atoms with Gasteiger partial charge in [0.15, 0.2) is 0 Å². The minimum Gasteiger partial charge on any atom is -0.465 e. The highest BCUT2D eigenvalue weighted by Crippen LogP contribution is 2.54. The average Bonchev–Trinajstić information content (AvgIpc) is 3.78. The Morgan fingerprint density at radius 3 is 1.51 bits per heavy atom. The molecule has 14 nitrogen and oxygen atoms in total. The van der Waals surface area contributed by atoms with E-state index in [4.69, 9.17) is 9.72 Å². The number of hydrogen-bond donors (Lipinski definition) is 5. The molecule has 296 valence electrons. The quantitative estimate of drug-likeness (QED) is 0.124. The number of likely N-dealkylation sites (tertiary alicyclic amines) is 2. The lowest BCUT2D eigenvalue weighted by molar-refractivity contribution is -0.137. The number of aromatic amines is 2. The molecular weight excluding hydrogens is 725 g/mol. The number of imidazole rings is 2. The molecule has 4 aliphatic rings. The molecule has 5 N–H and O–H groups in total. The first-order valence-corrected chi connectivity index (χ1v) is 19.7. The molecule has 2 saturated carbocycles. The summed E-state index contributed by atoms with van der Waals surface area (Å²) in [5.41, 5.74) is 5.29. The Morgan fingerprint density at radius 2 is 1.12 bits per heavy atom. The van der Waals surface area contributed by atoms with Crippen LogP contribution in [0.25, 0.3) is 22.5 Å². The molecule has 8 rings (SSSR count). The average molecular weight is 773 g/mol. The zero-order chi connectivity index (χ0) is 40.1. The summed E-state index contributed by atoms with van der Waals surface area (Å²) in [6.45, 7) is 7.51. The van der Waals surface area contributed by atoms with Gasteiger partial charge in [0.1, 0.15) is 23.7 Å². The third kappa shape index (κ3) is 7.58. The van der Waals surface area contributed by atoms with Gasteiger partial charge in [-0.1, -0.05) is 63.8 Å². The second kappa shape index (κ2) is 15.1. The van der Waals surface area contributed by atoms with E-state index in [0.29, 0.717) is 17.7 Å². The number of rotatable bonds is 10. The number of alkyl carbamates (subject to hydrolysis) is 1. The number of ether oxygens (including phenoxy) is 1. The Morgan fingerprint density at radius 1 is 0.702 bits per heavy atom. The van der Waals surface area contributed by atoms with Crippen molar-refractivity contribution in [3.05, 3.63) is 83.7 Å². The summed E-state index contributed by atoms with van der Waals surface area (Å²) >= 11 is 0. The first kappa shape index (κ1) is 37.8. The monoisotopic (exact) mass is 772 g/mol. The molecule has 0 bridgehead atoms. The van der Waals surface area contributed by atoms with Crippen LogP contribution in [0.1, 0.15) is 88.2 Å². The largest absolute Gasteiger partial charge is 0.465 e. The molecule has 4 aromatic rings. The van der Waals surface area contributed by atoms with Gasteiger partial charge in [0.05, 0.1) is 43.0 Å². The summed E-state index contributed by atoms with van der Waals surface area (Å²) in [7, 11) is 1.29. The number of H-pyrrole nitrogens is 2. The van der Waals surface area contributed by atoms with Gasteiger partial charge in [-0.2, -0.15) is 0 Å². The minimum absolute atomic E-state index is 0.102. The lowest BCUT2D eigenvalue weighted by Gasteiger charge is -2.31. The van der Waals surface area contributed by atoms with Crippen molar-refractivity contribution in [1.29, 1.82) is 0 Å². The van der Waals surface area contributed by atoms with Gasteiger partial charge in [-0.05, 0) is 84.7 Å². The van der Waals surface area contributed by atoms with Gasteiger partial charge in [0, 0.05) is 23.2 Å². The molecule has 0 radical (unpaired) electrons. The number of carbonyl (C=O) groups excluding carboxylic acids is 3. The lowest BCUT2D eigenvalue weighted by Crippen LogP contribution is -2.52. The molecule has 14 heteroatoms. The van der Waals surface area contributed by atoms with Crippen molar-refractivity contribution in [2.24, 2.45) is 23.7 Å². The molecule has 2 aromatic heterocycles. The number of fused-ring (bicyclic) bond motifs is 2. The van der Waals surface area contributed by atoms with E-state index in [0.717, 1.165) is 65.1 Å². The van der Waals surface area contributed by atoms with Crippen LogP contribution in [0.5, 0.6) is 0 Å². The van der Waals surface area contributed by atoms with E-state index in [1.807, 2.05) is 86.0 Å². The van der Waals surface area contributed by atoms with E-state index in [9.17, 15) is 24.3 Å². The number of carbonyl (C=O) groups is 4. The summed E-state index contributed by atoms with van der Waals surface area (Å²) < 4.78 is 4.78. The molecule has 4 fully saturated rings. The maximum Gasteiger partial charge on any atom is 0.407 e. The van der Waals surface area contributed by atoms with Crippen LogP contribution < -0.4 is 10.6 Å². The van der Waals surface area contributed by atoms with Crippen molar-refractivity contribution in [1.82, 2.24) is 40.4 Å². The maximum absolute atomic E-state index is 13.7. The number of methoxy groups -OCH3 is 1. The molecule has 0 unspecified atom stereocenters. The van der Waals surface area contributed by atoms with E-state index in [-0.39, 0.29) is 47.8 Å². The number of carboxylic acid groups (broad SMARTS) is 1. The summed E-state index contributed by atoms with van der Waals surface area (Å²) in [4.78, 5) is 70.7. The van der Waals surface area contributed by atoms with Gasteiger partial charge < -0.3 is 40.2 Å². The number of aromatic nitrogens is 4. The number of benzene rings is 2. The predicted octanol–water partition coefficient (Wildman–Crippen LogP) is 5.86. The fourth-order valence-electron chi connectivity index (χ4n) is 8.62. The first-order valence-electron chi connectivity index (χ1n) is 19.7. The molecule has 8 atom stereocenters. The lowest BCUT2D eigenvalue weighted by atomic mass is 10.0. The second-order valence-corrected chi connectivity index (χ2v) is 16.4. The SMILES string of the molecule is COC(=O)N[C@H](C(=O)N1[C@H](c2ncc(-c3ccc(C#Cc4ccc(-c5cnc([C@@H]6C[C@@H]7C[C@@H]7N6C(=O)[C@@H](NC(=O)O)C(C)C)[nH]5)cc4)cc3)[nH]2)C[C@H]2C[C@@H]21)C(C)C. The van der Waals surface area contributed by atoms with E-state index in [2.05, 4.69) is 37.4 Å². The topological polar surface area (TPSA) is 186 Å². The molecule has 2 aliphatic heterocycles. The molecule has 4 amide bonds. The van der Waals surface area contributed by atoms with Crippen LogP contribution in [0.3, 0.4) is 0 Å². The second-order valence-electron chi connectivity index (χ2n) is 16.4. The normalized spacial score (nSPS) is 23.9. The van der Waals surface area contributed by atoms with Gasteiger partial charge >= 0.3 is 12.2 Å². The highest BCUT2D eigenvalue weighted by atomic mass is 16.5. The maximum atomic E-state index is 13.7. The summed E-state index contributed by atoms with van der Waals surface area (Å²) in [6.07, 6.45) is 5.31. The highest BCUT2D eigenvalue weighted by molar-refractivity contribution is 5.88. The highest BCUT2D eigenvalue weighted by Gasteiger charge is 2.57. The van der Waals surface area contributed by atoms with Crippen molar-refractivity contribution in [3.8, 4) is 34.4 Å². The van der Waals surface area contributed by atoms with Crippen molar-refractivity contribution in [2.45, 2.75) is 89.6 Å². The standard InChI is InChI=1S/C43H48N8O6/c1-22(2)36(48-42(54)55)40(52)50-32-16-28(32)18-34(50)38-44-20-30(46-38)26-12-8-24(9-13-26)6-7-25-10-14-27(15-11-25)31-21-45-39(47-31)35-19-29-17-33(29)51(35)41(53)37(23(3)4)49-43(56)57-5/h8-15,20-23,28-29,32-37,48H,16-19H2,1-5H3,(H,44,46)(H,45,47)(H,49,56)(H,54,55)/t28-,29+,32-,33-,34-,35-,36-,37-/m0/s1. The fourth-order valence-corrected chi connectivity index (χ4v) is 8.62. The van der Waals surface area contributed by atoms with Crippen molar-refractivity contribution < 1.29 is 29.0 Å². The molecule has 4 heterocycles. The Bertz CT molecular complexity index is 2230. The number of amides is 4. The van der Waals surface area contributed by atoms with Gasteiger partial charge in [-0.15, -0.1) is 0 Å². The summed E-state index contributed by atoms with van der Waals surface area (Å²) in [5.74, 6) is 8.21. The minimum atomic E-state index is -1.20. The number of nitrogens with one attached hydrogen (secondary N) is 4. The molecular formula is C43H48N8O6. The van der Waals surface area contributed by atoms with Gasteiger partial charge in [0.25, 0.3) is 0 Å². The molecule has 57 heavy (non-hydrogen) atoms. The molecule has 2 saturated heterocycles. The molecule has 2 aliphatic carbocycles.